The second-order valence-corrected chi connectivity index (χ2v) is 7.87. The van der Waals surface area contributed by atoms with Crippen LogP contribution in [-0.2, 0) is 9.47 Å². The summed E-state index contributed by atoms with van der Waals surface area (Å²) in [4.78, 5) is 8.54. The van der Waals surface area contributed by atoms with E-state index < -0.39 is 5.79 Å². The normalized spacial score (nSPS) is 29.1. The molecule has 3 unspecified atom stereocenters. The van der Waals surface area contributed by atoms with E-state index in [1.165, 1.54) is 11.9 Å². The lowest BCUT2D eigenvalue weighted by Crippen LogP contribution is -2.27. The van der Waals surface area contributed by atoms with Gasteiger partial charge in [0.25, 0.3) is 0 Å². The number of hydrogen-bond acceptors (Lipinski definition) is 4. The van der Waals surface area contributed by atoms with Gasteiger partial charge in [-0.1, -0.05) is 24.6 Å². The fraction of sp³-hybridized carbons (Fsp3) is 0.500. The average Bonchev–Trinajstić information content (AvgIpc) is 3.08. The first-order valence-corrected chi connectivity index (χ1v) is 9.09. The summed E-state index contributed by atoms with van der Waals surface area (Å²) in [5, 5.41) is 1.37. The summed E-state index contributed by atoms with van der Waals surface area (Å²) in [6.07, 6.45) is 6.73. The smallest absolute Gasteiger partial charge is 0.164 e. The standard InChI is InChI=1S/C16H17ClIN3O2/c1-4-8-5-10(13-12(8)22-16(2,3)23-13)21-6-9(18)11-14(17)19-7-20-15(11)21/h5-7,10,12-13H,4H2,1-3H3. The van der Waals surface area contributed by atoms with Crippen LogP contribution in [0.15, 0.2) is 24.2 Å². The minimum Gasteiger partial charge on any atom is -0.342 e. The fourth-order valence-electron chi connectivity index (χ4n) is 3.52. The van der Waals surface area contributed by atoms with Crippen molar-refractivity contribution in [3.05, 3.63) is 32.9 Å². The molecule has 0 spiro atoms. The van der Waals surface area contributed by atoms with Crippen LogP contribution in [0.5, 0.6) is 0 Å². The van der Waals surface area contributed by atoms with Gasteiger partial charge in [-0.25, -0.2) is 9.97 Å². The maximum absolute atomic E-state index is 6.25. The topological polar surface area (TPSA) is 49.2 Å². The lowest BCUT2D eigenvalue weighted by atomic mass is 10.1. The maximum atomic E-state index is 6.25. The highest BCUT2D eigenvalue weighted by molar-refractivity contribution is 14.1. The number of aromatic nitrogens is 3. The molecule has 1 aliphatic carbocycles. The zero-order valence-electron chi connectivity index (χ0n) is 13.1. The second kappa shape index (κ2) is 5.40. The molecule has 0 amide bonds. The van der Waals surface area contributed by atoms with Crippen LogP contribution in [0.25, 0.3) is 11.0 Å². The van der Waals surface area contributed by atoms with Crippen LogP contribution in [0.3, 0.4) is 0 Å². The van der Waals surface area contributed by atoms with Gasteiger partial charge in [0.1, 0.15) is 29.3 Å². The molecule has 0 bridgehead atoms. The first-order valence-electron chi connectivity index (χ1n) is 7.64. The van der Waals surface area contributed by atoms with Gasteiger partial charge in [0.2, 0.25) is 0 Å². The van der Waals surface area contributed by atoms with E-state index in [2.05, 4.69) is 56.3 Å². The highest BCUT2D eigenvalue weighted by Gasteiger charge is 2.50. The number of fused-ring (bicyclic) bond motifs is 2. The van der Waals surface area contributed by atoms with Crippen molar-refractivity contribution in [1.29, 1.82) is 0 Å². The summed E-state index contributed by atoms with van der Waals surface area (Å²) in [5.74, 6) is -0.564. The highest BCUT2D eigenvalue weighted by Crippen LogP contribution is 2.45. The first-order chi connectivity index (χ1) is 10.9. The van der Waals surface area contributed by atoms with Gasteiger partial charge in [-0.15, -0.1) is 0 Å². The Hall–Kier alpha value is -0.700. The van der Waals surface area contributed by atoms with Crippen molar-refractivity contribution >= 4 is 45.2 Å². The van der Waals surface area contributed by atoms with E-state index in [4.69, 9.17) is 21.1 Å². The van der Waals surface area contributed by atoms with Crippen LogP contribution >= 0.6 is 34.2 Å². The molecule has 0 saturated carbocycles. The summed E-state index contributed by atoms with van der Waals surface area (Å²) in [6, 6.07) is 0.0497. The monoisotopic (exact) mass is 445 g/mol. The third-order valence-corrected chi connectivity index (χ3v) is 5.57. The van der Waals surface area contributed by atoms with E-state index in [1.807, 2.05) is 13.8 Å². The Kier molecular flexibility index (Phi) is 3.71. The van der Waals surface area contributed by atoms with E-state index in [-0.39, 0.29) is 18.2 Å². The average molecular weight is 446 g/mol. The quantitative estimate of drug-likeness (QED) is 0.397. The lowest BCUT2D eigenvalue weighted by Gasteiger charge is -2.22. The zero-order valence-corrected chi connectivity index (χ0v) is 16.0. The van der Waals surface area contributed by atoms with Gasteiger partial charge in [0.05, 0.1) is 11.4 Å². The Morgan fingerprint density at radius 2 is 2.13 bits per heavy atom. The van der Waals surface area contributed by atoms with Crippen molar-refractivity contribution in [2.75, 3.05) is 0 Å². The first kappa shape index (κ1) is 15.8. The maximum Gasteiger partial charge on any atom is 0.164 e. The minimum atomic E-state index is -0.564. The number of ether oxygens (including phenoxy) is 2. The van der Waals surface area contributed by atoms with Gasteiger partial charge in [-0.05, 0) is 48.4 Å². The number of rotatable bonds is 2. The van der Waals surface area contributed by atoms with E-state index in [1.54, 1.807) is 0 Å². The molecule has 0 aromatic carbocycles. The van der Waals surface area contributed by atoms with Gasteiger partial charge in [0, 0.05) is 9.77 Å². The predicted molar refractivity (Wildman–Crippen MR) is 96.5 cm³/mol. The molecule has 1 saturated heterocycles. The number of hydrogen-bond donors (Lipinski definition) is 0. The molecule has 3 atom stereocenters. The van der Waals surface area contributed by atoms with Crippen LogP contribution in [0, 0.1) is 3.57 Å². The molecule has 122 valence electrons. The third kappa shape index (κ3) is 2.42. The van der Waals surface area contributed by atoms with Crippen molar-refractivity contribution in [2.24, 2.45) is 0 Å². The summed E-state index contributed by atoms with van der Waals surface area (Å²) >= 11 is 8.53. The molecule has 2 aromatic rings. The SMILES string of the molecule is CCC1=CC(n2cc(I)c3c(Cl)ncnc32)C2OC(C)(C)OC12. The summed E-state index contributed by atoms with van der Waals surface area (Å²) < 4.78 is 15.5. The molecule has 5 nitrogen and oxygen atoms in total. The largest absolute Gasteiger partial charge is 0.342 e. The molecule has 0 N–H and O–H groups in total. The Bertz CT molecular complexity index is 817. The predicted octanol–water partition coefficient (Wildman–Crippen LogP) is 4.10. The molecule has 4 rings (SSSR count). The Labute approximate surface area is 153 Å². The molecule has 3 heterocycles. The van der Waals surface area contributed by atoms with Gasteiger partial charge in [-0.2, -0.15) is 0 Å². The van der Waals surface area contributed by atoms with Crippen molar-refractivity contribution in [3.63, 3.8) is 0 Å². The zero-order chi connectivity index (χ0) is 16.4. The Balaban J connectivity index is 1.85. The Morgan fingerprint density at radius 1 is 1.35 bits per heavy atom. The van der Waals surface area contributed by atoms with Crippen LogP contribution in [0.4, 0.5) is 0 Å². The molecule has 23 heavy (non-hydrogen) atoms. The molecule has 7 heteroatoms. The van der Waals surface area contributed by atoms with E-state index >= 15 is 0 Å². The lowest BCUT2D eigenvalue weighted by molar-refractivity contribution is -0.147. The summed E-state index contributed by atoms with van der Waals surface area (Å²) in [5.41, 5.74) is 2.11. The van der Waals surface area contributed by atoms with Crippen LogP contribution in [0.2, 0.25) is 5.15 Å². The van der Waals surface area contributed by atoms with E-state index in [0.29, 0.717) is 5.15 Å². The summed E-state index contributed by atoms with van der Waals surface area (Å²) in [6.45, 7) is 6.08. The van der Waals surface area contributed by atoms with Crippen molar-refractivity contribution < 1.29 is 9.47 Å². The van der Waals surface area contributed by atoms with Gasteiger partial charge in [-0.3, -0.25) is 0 Å². The Morgan fingerprint density at radius 3 is 2.87 bits per heavy atom. The third-order valence-electron chi connectivity index (χ3n) is 4.46. The molecular formula is C16H17ClIN3O2. The van der Waals surface area contributed by atoms with Crippen molar-refractivity contribution in [2.45, 2.75) is 51.2 Å². The highest BCUT2D eigenvalue weighted by atomic mass is 127. The van der Waals surface area contributed by atoms with E-state index in [9.17, 15) is 0 Å². The molecule has 1 aliphatic heterocycles. The molecule has 1 fully saturated rings. The van der Waals surface area contributed by atoms with Gasteiger partial charge in [0.15, 0.2) is 5.79 Å². The van der Waals surface area contributed by atoms with Crippen LogP contribution < -0.4 is 0 Å². The number of nitrogens with zero attached hydrogens (tertiary/aromatic N) is 3. The number of halogens is 2. The fourth-order valence-corrected chi connectivity index (χ4v) is 4.71. The summed E-state index contributed by atoms with van der Waals surface area (Å²) in [7, 11) is 0. The molecular weight excluding hydrogens is 429 g/mol. The minimum absolute atomic E-state index is 0.00687. The molecule has 0 radical (unpaired) electrons. The van der Waals surface area contributed by atoms with Crippen LogP contribution in [0.1, 0.15) is 33.2 Å². The molecule has 2 aromatic heterocycles. The van der Waals surface area contributed by atoms with Crippen LogP contribution in [-0.4, -0.2) is 32.5 Å². The molecule has 2 aliphatic rings. The van der Waals surface area contributed by atoms with E-state index in [0.717, 1.165) is 21.0 Å². The second-order valence-electron chi connectivity index (χ2n) is 6.35. The van der Waals surface area contributed by atoms with Gasteiger partial charge < -0.3 is 14.0 Å². The van der Waals surface area contributed by atoms with Gasteiger partial charge >= 0.3 is 0 Å². The van der Waals surface area contributed by atoms with Crippen molar-refractivity contribution in [1.82, 2.24) is 14.5 Å². The van der Waals surface area contributed by atoms with Crippen molar-refractivity contribution in [3.8, 4) is 0 Å².